The Hall–Kier alpha value is -3.01. The molecule has 0 spiro atoms. The fourth-order valence-corrected chi connectivity index (χ4v) is 3.48. The Morgan fingerprint density at radius 3 is 2.41 bits per heavy atom. The van der Waals surface area contributed by atoms with E-state index < -0.39 is 0 Å². The summed E-state index contributed by atoms with van der Waals surface area (Å²) in [6.07, 6.45) is 3.48. The first-order chi connectivity index (χ1) is 14.0. The van der Waals surface area contributed by atoms with Crippen LogP contribution in [-0.4, -0.2) is 30.5 Å². The summed E-state index contributed by atoms with van der Waals surface area (Å²) in [4.78, 5) is 14.4. The number of furan rings is 1. The van der Waals surface area contributed by atoms with E-state index in [1.54, 1.807) is 17.2 Å². The maximum atomic E-state index is 12.6. The molecule has 0 saturated carbocycles. The molecule has 4 nitrogen and oxygen atoms in total. The molecule has 0 bridgehead atoms. The zero-order chi connectivity index (χ0) is 21.0. The van der Waals surface area contributed by atoms with Gasteiger partial charge in [-0.25, -0.2) is 0 Å². The lowest BCUT2D eigenvalue weighted by Gasteiger charge is -2.17. The Kier molecular flexibility index (Phi) is 6.42. The third-order valence-electron chi connectivity index (χ3n) is 5.18. The van der Waals surface area contributed by atoms with E-state index in [4.69, 9.17) is 9.15 Å². The second kappa shape index (κ2) is 8.99. The number of carbonyl (C=O) groups excluding carboxylic acids is 1. The second-order valence-corrected chi connectivity index (χ2v) is 7.13. The molecule has 1 heterocycles. The van der Waals surface area contributed by atoms with E-state index >= 15 is 0 Å². The lowest BCUT2D eigenvalue weighted by atomic mass is 9.98. The van der Waals surface area contributed by atoms with E-state index in [1.807, 2.05) is 33.8 Å². The van der Waals surface area contributed by atoms with Crippen LogP contribution in [0.4, 0.5) is 0 Å². The van der Waals surface area contributed by atoms with Gasteiger partial charge in [-0.15, -0.1) is 0 Å². The number of carbonyl (C=O) groups is 1. The average Bonchev–Trinajstić information content (AvgIpc) is 3.12. The number of hydrogen-bond acceptors (Lipinski definition) is 3. The predicted molar refractivity (Wildman–Crippen MR) is 119 cm³/mol. The SMILES string of the molecule is CCOc1cc2occ(-c3ccc(C)cc3)c2cc1/C(C)=C/C(=O)N(CC)CC. The number of amides is 1. The van der Waals surface area contributed by atoms with Crippen molar-refractivity contribution >= 4 is 22.4 Å². The molecule has 0 aliphatic heterocycles. The van der Waals surface area contributed by atoms with Crippen molar-refractivity contribution in [2.45, 2.75) is 34.6 Å². The average molecular weight is 392 g/mol. The largest absolute Gasteiger partial charge is 0.493 e. The normalized spacial score (nSPS) is 11.7. The van der Waals surface area contributed by atoms with Gasteiger partial charge in [0.05, 0.1) is 12.9 Å². The molecule has 29 heavy (non-hydrogen) atoms. The molecular formula is C25H29NO3. The molecule has 0 fully saturated rings. The van der Waals surface area contributed by atoms with Crippen molar-refractivity contribution in [1.82, 2.24) is 4.90 Å². The van der Waals surface area contributed by atoms with Crippen LogP contribution in [-0.2, 0) is 4.79 Å². The van der Waals surface area contributed by atoms with Gasteiger partial charge in [-0.05, 0) is 51.8 Å². The fourth-order valence-electron chi connectivity index (χ4n) is 3.48. The molecule has 3 rings (SSSR count). The molecule has 2 aromatic carbocycles. The Labute approximate surface area is 172 Å². The Bertz CT molecular complexity index is 1020. The second-order valence-electron chi connectivity index (χ2n) is 7.13. The number of fused-ring (bicyclic) bond motifs is 1. The molecule has 0 N–H and O–H groups in total. The zero-order valence-electron chi connectivity index (χ0n) is 17.9. The van der Waals surface area contributed by atoms with Crippen LogP contribution in [0.15, 0.2) is 53.2 Å². The van der Waals surface area contributed by atoms with Crippen molar-refractivity contribution in [3.63, 3.8) is 0 Å². The van der Waals surface area contributed by atoms with Crippen molar-refractivity contribution in [3.05, 3.63) is 59.9 Å². The molecule has 152 valence electrons. The molecule has 0 unspecified atom stereocenters. The van der Waals surface area contributed by atoms with E-state index in [0.717, 1.165) is 39.0 Å². The molecule has 1 aromatic heterocycles. The van der Waals surface area contributed by atoms with Crippen LogP contribution in [0.5, 0.6) is 5.75 Å². The summed E-state index contributed by atoms with van der Waals surface area (Å²) in [6, 6.07) is 12.4. The number of nitrogens with zero attached hydrogens (tertiary/aromatic N) is 1. The molecule has 0 radical (unpaired) electrons. The minimum atomic E-state index is 0.0148. The van der Waals surface area contributed by atoms with E-state index in [2.05, 4.69) is 37.3 Å². The minimum absolute atomic E-state index is 0.0148. The van der Waals surface area contributed by atoms with Crippen LogP contribution < -0.4 is 4.74 Å². The predicted octanol–water partition coefficient (Wildman–Crippen LogP) is 6.08. The van der Waals surface area contributed by atoms with Gasteiger partial charge in [-0.3, -0.25) is 4.79 Å². The number of likely N-dealkylation sites (N-methyl/N-ethyl adjacent to an activating group) is 1. The maximum absolute atomic E-state index is 12.6. The van der Waals surface area contributed by atoms with E-state index in [1.165, 1.54) is 5.56 Å². The summed E-state index contributed by atoms with van der Waals surface area (Å²) in [5, 5.41) is 1.01. The lowest BCUT2D eigenvalue weighted by Crippen LogP contribution is -2.28. The Morgan fingerprint density at radius 2 is 1.79 bits per heavy atom. The number of rotatable bonds is 7. The van der Waals surface area contributed by atoms with Gasteiger partial charge in [0.15, 0.2) is 0 Å². The third kappa shape index (κ3) is 4.37. The minimum Gasteiger partial charge on any atom is -0.493 e. The van der Waals surface area contributed by atoms with E-state index in [9.17, 15) is 4.79 Å². The number of benzene rings is 2. The van der Waals surface area contributed by atoms with Crippen LogP contribution in [0.25, 0.3) is 27.7 Å². The van der Waals surface area contributed by atoms with Crippen LogP contribution in [0, 0.1) is 6.92 Å². The number of allylic oxidation sites excluding steroid dienone is 1. The van der Waals surface area contributed by atoms with E-state index in [0.29, 0.717) is 19.7 Å². The first-order valence-corrected chi connectivity index (χ1v) is 10.2. The molecule has 1 amide bonds. The van der Waals surface area contributed by atoms with Gasteiger partial charge in [0.25, 0.3) is 0 Å². The molecule has 4 heteroatoms. The van der Waals surface area contributed by atoms with Gasteiger partial charge in [0, 0.05) is 41.7 Å². The highest BCUT2D eigenvalue weighted by molar-refractivity contribution is 6.00. The highest BCUT2D eigenvalue weighted by atomic mass is 16.5. The maximum Gasteiger partial charge on any atom is 0.246 e. The van der Waals surface area contributed by atoms with Crippen molar-refractivity contribution in [2.75, 3.05) is 19.7 Å². The topological polar surface area (TPSA) is 42.7 Å². The van der Waals surface area contributed by atoms with Gasteiger partial charge in [-0.1, -0.05) is 29.8 Å². The Balaban J connectivity index is 2.11. The van der Waals surface area contributed by atoms with Gasteiger partial charge in [0.1, 0.15) is 11.3 Å². The summed E-state index contributed by atoms with van der Waals surface area (Å²) >= 11 is 0. The van der Waals surface area contributed by atoms with Crippen LogP contribution >= 0.6 is 0 Å². The van der Waals surface area contributed by atoms with Gasteiger partial charge >= 0.3 is 0 Å². The van der Waals surface area contributed by atoms with Crippen LogP contribution in [0.2, 0.25) is 0 Å². The Morgan fingerprint density at radius 1 is 1.10 bits per heavy atom. The van der Waals surface area contributed by atoms with Gasteiger partial charge < -0.3 is 14.1 Å². The smallest absolute Gasteiger partial charge is 0.246 e. The first kappa shape index (κ1) is 20.7. The summed E-state index contributed by atoms with van der Waals surface area (Å²) in [7, 11) is 0. The van der Waals surface area contributed by atoms with Crippen molar-refractivity contribution in [2.24, 2.45) is 0 Å². The molecule has 0 atom stereocenters. The molecule has 3 aromatic rings. The summed E-state index contributed by atoms with van der Waals surface area (Å²) in [6.45, 7) is 11.9. The fraction of sp³-hybridized carbons (Fsp3) is 0.320. The van der Waals surface area contributed by atoms with Crippen LogP contribution in [0.3, 0.4) is 0 Å². The van der Waals surface area contributed by atoms with Gasteiger partial charge in [-0.2, -0.15) is 0 Å². The lowest BCUT2D eigenvalue weighted by molar-refractivity contribution is -0.125. The standard InChI is InChI=1S/C25H29NO3/c1-6-26(7-2)25(27)13-18(5)20-14-21-22(19-11-9-17(4)10-12-19)16-29-24(21)15-23(20)28-8-3/h9-16H,6-8H2,1-5H3/b18-13+. The monoisotopic (exact) mass is 391 g/mol. The number of ether oxygens (including phenoxy) is 1. The van der Waals surface area contributed by atoms with E-state index in [-0.39, 0.29) is 5.91 Å². The summed E-state index contributed by atoms with van der Waals surface area (Å²) < 4.78 is 11.7. The van der Waals surface area contributed by atoms with Crippen molar-refractivity contribution in [3.8, 4) is 16.9 Å². The zero-order valence-corrected chi connectivity index (χ0v) is 17.9. The highest BCUT2D eigenvalue weighted by Crippen LogP contribution is 2.37. The molecule has 0 aliphatic rings. The molecule has 0 saturated heterocycles. The van der Waals surface area contributed by atoms with Crippen molar-refractivity contribution < 1.29 is 13.9 Å². The third-order valence-corrected chi connectivity index (χ3v) is 5.18. The summed E-state index contributed by atoms with van der Waals surface area (Å²) in [5.41, 5.74) is 5.92. The first-order valence-electron chi connectivity index (χ1n) is 10.2. The summed E-state index contributed by atoms with van der Waals surface area (Å²) in [5.74, 6) is 0.743. The van der Waals surface area contributed by atoms with Crippen molar-refractivity contribution in [1.29, 1.82) is 0 Å². The molecular weight excluding hydrogens is 362 g/mol. The van der Waals surface area contributed by atoms with Gasteiger partial charge in [0.2, 0.25) is 5.91 Å². The molecule has 0 aliphatic carbocycles. The highest BCUT2D eigenvalue weighted by Gasteiger charge is 2.16. The van der Waals surface area contributed by atoms with Crippen LogP contribution in [0.1, 0.15) is 38.8 Å². The number of hydrogen-bond donors (Lipinski definition) is 0. The number of aryl methyl sites for hydroxylation is 1. The quantitative estimate of drug-likeness (QED) is 0.459.